The number of nitrogens with one attached hydrogen (secondary N) is 1. The molecule has 1 aromatic carbocycles. The highest BCUT2D eigenvalue weighted by molar-refractivity contribution is 5.87. The van der Waals surface area contributed by atoms with E-state index in [0.717, 1.165) is 30.4 Å². The lowest BCUT2D eigenvalue weighted by Crippen LogP contribution is -2.49. The molecule has 0 aliphatic rings. The average molecular weight is 332 g/mol. The van der Waals surface area contributed by atoms with Crippen molar-refractivity contribution < 1.29 is 9.59 Å². The Kier molecular flexibility index (Phi) is 9.13. The maximum atomic E-state index is 12.6. The second-order valence-electron chi connectivity index (χ2n) is 6.27. The average Bonchev–Trinajstić information content (AvgIpc) is 2.56. The number of rotatable bonds is 10. The second kappa shape index (κ2) is 10.8. The molecule has 0 aliphatic carbocycles. The molecule has 24 heavy (non-hydrogen) atoms. The van der Waals surface area contributed by atoms with Gasteiger partial charge in [-0.2, -0.15) is 0 Å². The van der Waals surface area contributed by atoms with E-state index in [2.05, 4.69) is 12.2 Å². The Bertz CT molecular complexity index is 528. The van der Waals surface area contributed by atoms with Gasteiger partial charge in [-0.15, -0.1) is 0 Å². The van der Waals surface area contributed by atoms with Gasteiger partial charge < -0.3 is 10.2 Å². The van der Waals surface area contributed by atoms with Crippen LogP contribution in [-0.2, 0) is 16.1 Å². The highest BCUT2D eigenvalue weighted by Gasteiger charge is 2.28. The van der Waals surface area contributed by atoms with Crippen LogP contribution in [0.15, 0.2) is 24.3 Å². The number of unbranched alkanes of at least 4 members (excludes halogenated alkanes) is 1. The third kappa shape index (κ3) is 5.99. The van der Waals surface area contributed by atoms with Crippen molar-refractivity contribution >= 4 is 11.8 Å². The Morgan fingerprint density at radius 1 is 1.12 bits per heavy atom. The van der Waals surface area contributed by atoms with E-state index in [9.17, 15) is 9.59 Å². The summed E-state index contributed by atoms with van der Waals surface area (Å²) in [5, 5.41) is 2.98. The van der Waals surface area contributed by atoms with Crippen molar-refractivity contribution in [2.75, 3.05) is 6.54 Å². The summed E-state index contributed by atoms with van der Waals surface area (Å²) >= 11 is 0. The molecule has 0 heterocycles. The predicted octanol–water partition coefficient (Wildman–Crippen LogP) is 3.82. The number of aryl methyl sites for hydroxylation is 1. The number of hydrogen-bond donors (Lipinski definition) is 1. The molecule has 4 nitrogen and oxygen atoms in total. The molecule has 1 rings (SSSR count). The number of hydrogen-bond acceptors (Lipinski definition) is 2. The summed E-state index contributed by atoms with van der Waals surface area (Å²) in [7, 11) is 0. The Labute approximate surface area is 146 Å². The van der Waals surface area contributed by atoms with E-state index in [4.69, 9.17) is 0 Å². The fourth-order valence-electron chi connectivity index (χ4n) is 2.75. The van der Waals surface area contributed by atoms with Gasteiger partial charge in [-0.1, -0.05) is 51.5 Å². The van der Waals surface area contributed by atoms with E-state index in [1.165, 1.54) is 0 Å². The molecule has 0 aliphatic heterocycles. The van der Waals surface area contributed by atoms with Crippen LogP contribution >= 0.6 is 0 Å². The van der Waals surface area contributed by atoms with Crippen LogP contribution in [0.25, 0.3) is 0 Å². The van der Waals surface area contributed by atoms with Crippen LogP contribution in [0.5, 0.6) is 0 Å². The van der Waals surface area contributed by atoms with Crippen LogP contribution < -0.4 is 5.32 Å². The van der Waals surface area contributed by atoms with Crippen molar-refractivity contribution in [1.29, 1.82) is 0 Å². The molecule has 1 atom stereocenters. The quantitative estimate of drug-likeness (QED) is 0.662. The molecule has 0 fully saturated rings. The molecule has 2 amide bonds. The molecule has 0 radical (unpaired) electrons. The lowest BCUT2D eigenvalue weighted by molar-refractivity contribution is -0.141. The molecule has 4 heteroatoms. The number of amides is 2. The van der Waals surface area contributed by atoms with Gasteiger partial charge in [0, 0.05) is 19.5 Å². The van der Waals surface area contributed by atoms with Gasteiger partial charge in [0.05, 0.1) is 0 Å². The summed E-state index contributed by atoms with van der Waals surface area (Å²) in [6, 6.07) is 7.64. The standard InChI is InChI=1S/C20H32N2O2/c1-5-8-14-21-20(24)18(7-3)22(19(23)11-6-2)15-17-13-10-9-12-16(17)4/h9-10,12-13,18H,5-8,11,14-15H2,1-4H3,(H,21,24). The summed E-state index contributed by atoms with van der Waals surface area (Å²) in [4.78, 5) is 27.0. The molecule has 0 saturated carbocycles. The number of carbonyl (C=O) groups is 2. The van der Waals surface area contributed by atoms with Crippen molar-refractivity contribution in [3.8, 4) is 0 Å². The summed E-state index contributed by atoms with van der Waals surface area (Å²) < 4.78 is 0. The Morgan fingerprint density at radius 2 is 1.83 bits per heavy atom. The Hall–Kier alpha value is -1.84. The van der Waals surface area contributed by atoms with Crippen molar-refractivity contribution in [2.24, 2.45) is 0 Å². The summed E-state index contributed by atoms with van der Waals surface area (Å²) in [6.45, 7) is 9.26. The highest BCUT2D eigenvalue weighted by atomic mass is 16.2. The number of carbonyl (C=O) groups excluding carboxylic acids is 2. The molecule has 0 aromatic heterocycles. The molecule has 0 saturated heterocycles. The molecular formula is C20H32N2O2. The van der Waals surface area contributed by atoms with Crippen LogP contribution in [0.2, 0.25) is 0 Å². The first kappa shape index (κ1) is 20.2. The molecule has 0 spiro atoms. The van der Waals surface area contributed by atoms with E-state index in [-0.39, 0.29) is 11.8 Å². The van der Waals surface area contributed by atoms with Crippen molar-refractivity contribution in [3.63, 3.8) is 0 Å². The van der Waals surface area contributed by atoms with Gasteiger partial charge in [0.25, 0.3) is 0 Å². The number of benzene rings is 1. The lowest BCUT2D eigenvalue weighted by atomic mass is 10.1. The molecule has 1 aromatic rings. The maximum absolute atomic E-state index is 12.6. The van der Waals surface area contributed by atoms with E-state index in [0.29, 0.717) is 25.9 Å². The van der Waals surface area contributed by atoms with Crippen molar-refractivity contribution in [1.82, 2.24) is 10.2 Å². The molecule has 1 unspecified atom stereocenters. The largest absolute Gasteiger partial charge is 0.354 e. The van der Waals surface area contributed by atoms with Gasteiger partial charge in [-0.05, 0) is 37.3 Å². The van der Waals surface area contributed by atoms with E-state index in [1.54, 1.807) is 4.90 Å². The van der Waals surface area contributed by atoms with Gasteiger partial charge in [-0.25, -0.2) is 0 Å². The van der Waals surface area contributed by atoms with Crippen LogP contribution in [0.1, 0.15) is 64.0 Å². The van der Waals surface area contributed by atoms with Crippen LogP contribution in [-0.4, -0.2) is 29.3 Å². The molecular weight excluding hydrogens is 300 g/mol. The third-order valence-corrected chi connectivity index (χ3v) is 4.28. The maximum Gasteiger partial charge on any atom is 0.242 e. The van der Waals surface area contributed by atoms with Gasteiger partial charge >= 0.3 is 0 Å². The minimum absolute atomic E-state index is 0.0380. The normalized spacial score (nSPS) is 11.8. The third-order valence-electron chi connectivity index (χ3n) is 4.28. The van der Waals surface area contributed by atoms with Crippen molar-refractivity contribution in [3.05, 3.63) is 35.4 Å². The second-order valence-corrected chi connectivity index (χ2v) is 6.27. The van der Waals surface area contributed by atoms with E-state index < -0.39 is 6.04 Å². The lowest BCUT2D eigenvalue weighted by Gasteiger charge is -2.31. The Morgan fingerprint density at radius 3 is 2.42 bits per heavy atom. The van der Waals surface area contributed by atoms with Gasteiger partial charge in [0.1, 0.15) is 6.04 Å². The van der Waals surface area contributed by atoms with Gasteiger partial charge in [0.2, 0.25) is 11.8 Å². The fourth-order valence-corrected chi connectivity index (χ4v) is 2.75. The minimum atomic E-state index is -0.402. The van der Waals surface area contributed by atoms with Crippen molar-refractivity contribution in [2.45, 2.75) is 72.4 Å². The highest BCUT2D eigenvalue weighted by Crippen LogP contribution is 2.16. The van der Waals surface area contributed by atoms with Gasteiger partial charge in [-0.3, -0.25) is 9.59 Å². The first-order valence-electron chi connectivity index (χ1n) is 9.16. The minimum Gasteiger partial charge on any atom is -0.354 e. The number of nitrogens with zero attached hydrogens (tertiary/aromatic N) is 1. The van der Waals surface area contributed by atoms with Crippen LogP contribution in [0, 0.1) is 6.92 Å². The Balaban J connectivity index is 2.95. The predicted molar refractivity (Wildman–Crippen MR) is 98.6 cm³/mol. The fraction of sp³-hybridized carbons (Fsp3) is 0.600. The summed E-state index contributed by atoms with van der Waals surface area (Å²) in [5.41, 5.74) is 2.25. The molecule has 0 bridgehead atoms. The zero-order chi connectivity index (χ0) is 17.9. The summed E-state index contributed by atoms with van der Waals surface area (Å²) in [6.07, 6.45) is 3.89. The zero-order valence-corrected chi connectivity index (χ0v) is 15.6. The van der Waals surface area contributed by atoms with E-state index >= 15 is 0 Å². The monoisotopic (exact) mass is 332 g/mol. The smallest absolute Gasteiger partial charge is 0.242 e. The first-order chi connectivity index (χ1) is 11.5. The van der Waals surface area contributed by atoms with Crippen LogP contribution in [0.4, 0.5) is 0 Å². The van der Waals surface area contributed by atoms with E-state index in [1.807, 2.05) is 45.0 Å². The first-order valence-corrected chi connectivity index (χ1v) is 9.16. The molecule has 134 valence electrons. The SMILES string of the molecule is CCCCNC(=O)C(CC)N(Cc1ccccc1C)C(=O)CCC. The topological polar surface area (TPSA) is 49.4 Å². The molecule has 1 N–H and O–H groups in total. The summed E-state index contributed by atoms with van der Waals surface area (Å²) in [5.74, 6) is 0.0160. The van der Waals surface area contributed by atoms with Gasteiger partial charge in [0.15, 0.2) is 0 Å². The zero-order valence-electron chi connectivity index (χ0n) is 15.6. The van der Waals surface area contributed by atoms with Crippen LogP contribution in [0.3, 0.4) is 0 Å².